The van der Waals surface area contributed by atoms with Gasteiger partial charge in [-0.15, -0.1) is 0 Å². The van der Waals surface area contributed by atoms with Gasteiger partial charge in [0.1, 0.15) is 0 Å². The minimum Gasteiger partial charge on any atom is -0.399 e. The average Bonchev–Trinajstić information content (AvgIpc) is 2.27. The van der Waals surface area contributed by atoms with Gasteiger partial charge in [-0.1, -0.05) is 45.8 Å². The largest absolute Gasteiger partial charge is 0.399 e. The van der Waals surface area contributed by atoms with Gasteiger partial charge in [0.25, 0.3) is 0 Å². The van der Waals surface area contributed by atoms with Crippen molar-refractivity contribution < 1.29 is 0 Å². The molecule has 0 aliphatic heterocycles. The van der Waals surface area contributed by atoms with E-state index >= 15 is 0 Å². The second-order valence-corrected chi connectivity index (χ2v) is 6.28. The first-order valence-electron chi connectivity index (χ1n) is 5.82. The summed E-state index contributed by atoms with van der Waals surface area (Å²) in [6.45, 7) is 2.13. The summed E-state index contributed by atoms with van der Waals surface area (Å²) in [6, 6.07) is 14.7. The molecule has 0 saturated heterocycles. The van der Waals surface area contributed by atoms with Gasteiger partial charge in [-0.2, -0.15) is 11.8 Å². The lowest BCUT2D eigenvalue weighted by Gasteiger charge is -2.05. The highest BCUT2D eigenvalue weighted by Crippen LogP contribution is 2.23. The number of benzene rings is 2. The predicted octanol–water partition coefficient (Wildman–Crippen LogP) is 4.77. The molecule has 18 heavy (non-hydrogen) atoms. The molecule has 0 atom stereocenters. The van der Waals surface area contributed by atoms with Crippen molar-refractivity contribution in [2.75, 3.05) is 5.73 Å². The molecule has 0 radical (unpaired) electrons. The van der Waals surface area contributed by atoms with E-state index in [9.17, 15) is 0 Å². The lowest BCUT2D eigenvalue weighted by molar-refractivity contribution is 1.33. The Balaban J connectivity index is 1.92. The number of nitrogen functional groups attached to an aromatic ring is 1. The van der Waals surface area contributed by atoms with Crippen LogP contribution in [0.2, 0.25) is 0 Å². The molecule has 0 aliphatic carbocycles. The quantitative estimate of drug-likeness (QED) is 0.820. The van der Waals surface area contributed by atoms with Gasteiger partial charge in [0.15, 0.2) is 0 Å². The second-order valence-electron chi connectivity index (χ2n) is 4.37. The highest BCUT2D eigenvalue weighted by Gasteiger charge is 1.99. The van der Waals surface area contributed by atoms with Gasteiger partial charge in [-0.05, 0) is 36.2 Å². The zero-order valence-corrected chi connectivity index (χ0v) is 12.7. The van der Waals surface area contributed by atoms with Crippen molar-refractivity contribution in [1.29, 1.82) is 0 Å². The molecular formula is C15H16BrNS. The van der Waals surface area contributed by atoms with Crippen molar-refractivity contribution in [2.24, 2.45) is 0 Å². The smallest absolute Gasteiger partial charge is 0.0328 e. The van der Waals surface area contributed by atoms with Crippen LogP contribution in [0.4, 0.5) is 5.69 Å². The monoisotopic (exact) mass is 321 g/mol. The Morgan fingerprint density at radius 3 is 2.56 bits per heavy atom. The minimum absolute atomic E-state index is 0.815. The van der Waals surface area contributed by atoms with Gasteiger partial charge in [0, 0.05) is 21.7 Å². The van der Waals surface area contributed by atoms with Crippen LogP contribution in [-0.4, -0.2) is 0 Å². The van der Waals surface area contributed by atoms with E-state index in [1.54, 1.807) is 0 Å². The molecule has 94 valence electrons. The number of halogens is 1. The molecule has 0 saturated carbocycles. The summed E-state index contributed by atoms with van der Waals surface area (Å²) in [4.78, 5) is 0. The average molecular weight is 322 g/mol. The van der Waals surface area contributed by atoms with Crippen LogP contribution < -0.4 is 5.73 Å². The van der Waals surface area contributed by atoms with Crippen LogP contribution in [0, 0.1) is 6.92 Å². The molecule has 3 heteroatoms. The summed E-state index contributed by atoms with van der Waals surface area (Å²) in [5.74, 6) is 2.02. The fourth-order valence-corrected chi connectivity index (χ4v) is 3.33. The Bertz CT molecular complexity index is 520. The number of nitrogens with two attached hydrogens (primary N) is 1. The molecule has 0 heterocycles. The third-order valence-electron chi connectivity index (χ3n) is 2.60. The summed E-state index contributed by atoms with van der Waals surface area (Å²) < 4.78 is 1.05. The Labute approximate surface area is 121 Å². The first-order chi connectivity index (χ1) is 8.63. The molecule has 2 aromatic carbocycles. The Morgan fingerprint density at radius 2 is 1.83 bits per heavy atom. The Hall–Kier alpha value is -0.930. The maximum absolute atomic E-state index is 5.82. The summed E-state index contributed by atoms with van der Waals surface area (Å²) in [6.07, 6.45) is 0. The van der Waals surface area contributed by atoms with Gasteiger partial charge in [0.05, 0.1) is 0 Å². The SMILES string of the molecule is Cc1cccc(CSCc2cc(N)cc(Br)c2)c1. The lowest BCUT2D eigenvalue weighted by atomic mass is 10.2. The van der Waals surface area contributed by atoms with Crippen LogP contribution in [0.15, 0.2) is 46.9 Å². The van der Waals surface area contributed by atoms with Crippen LogP contribution in [0.3, 0.4) is 0 Å². The Morgan fingerprint density at radius 1 is 1.06 bits per heavy atom. The zero-order chi connectivity index (χ0) is 13.0. The predicted molar refractivity (Wildman–Crippen MR) is 84.7 cm³/mol. The molecule has 0 unspecified atom stereocenters. The van der Waals surface area contributed by atoms with E-state index in [0.29, 0.717) is 0 Å². The summed E-state index contributed by atoms with van der Waals surface area (Å²) in [7, 11) is 0. The van der Waals surface area contributed by atoms with Crippen molar-refractivity contribution >= 4 is 33.4 Å². The van der Waals surface area contributed by atoms with Gasteiger partial charge >= 0.3 is 0 Å². The molecule has 0 fully saturated rings. The van der Waals surface area contributed by atoms with Crippen molar-refractivity contribution in [3.63, 3.8) is 0 Å². The fourth-order valence-electron chi connectivity index (χ4n) is 1.85. The molecule has 0 amide bonds. The molecule has 2 N–H and O–H groups in total. The molecular weight excluding hydrogens is 306 g/mol. The Kier molecular flexibility index (Phi) is 4.72. The summed E-state index contributed by atoms with van der Waals surface area (Å²) >= 11 is 5.38. The van der Waals surface area contributed by atoms with Crippen molar-refractivity contribution in [1.82, 2.24) is 0 Å². The molecule has 0 bridgehead atoms. The number of hydrogen-bond acceptors (Lipinski definition) is 2. The topological polar surface area (TPSA) is 26.0 Å². The number of anilines is 1. The third-order valence-corrected chi connectivity index (χ3v) is 4.13. The number of rotatable bonds is 4. The van der Waals surface area contributed by atoms with E-state index in [2.05, 4.69) is 53.2 Å². The van der Waals surface area contributed by atoms with E-state index in [1.165, 1.54) is 16.7 Å². The zero-order valence-electron chi connectivity index (χ0n) is 10.3. The van der Waals surface area contributed by atoms with Crippen molar-refractivity contribution in [2.45, 2.75) is 18.4 Å². The number of aryl methyl sites for hydroxylation is 1. The highest BCUT2D eigenvalue weighted by molar-refractivity contribution is 9.10. The minimum atomic E-state index is 0.815. The van der Waals surface area contributed by atoms with Gasteiger partial charge in [0.2, 0.25) is 0 Å². The molecule has 0 spiro atoms. The normalized spacial score (nSPS) is 10.6. The van der Waals surface area contributed by atoms with E-state index < -0.39 is 0 Å². The molecule has 2 rings (SSSR count). The van der Waals surface area contributed by atoms with E-state index in [-0.39, 0.29) is 0 Å². The molecule has 0 aromatic heterocycles. The summed E-state index contributed by atoms with van der Waals surface area (Å²) in [5, 5.41) is 0. The van der Waals surface area contributed by atoms with E-state index in [4.69, 9.17) is 5.73 Å². The van der Waals surface area contributed by atoms with Crippen LogP contribution in [-0.2, 0) is 11.5 Å². The first kappa shape index (κ1) is 13.5. The molecule has 1 nitrogen and oxygen atoms in total. The second kappa shape index (κ2) is 6.30. The van der Waals surface area contributed by atoms with Crippen LogP contribution >= 0.6 is 27.7 Å². The maximum Gasteiger partial charge on any atom is 0.0328 e. The van der Waals surface area contributed by atoms with Crippen molar-refractivity contribution in [3.05, 3.63) is 63.6 Å². The molecule has 2 aromatic rings. The fraction of sp³-hybridized carbons (Fsp3) is 0.200. The number of hydrogen-bond donors (Lipinski definition) is 1. The third kappa shape index (κ3) is 4.07. The number of thioether (sulfide) groups is 1. The van der Waals surface area contributed by atoms with Gasteiger partial charge < -0.3 is 5.73 Å². The van der Waals surface area contributed by atoms with Crippen LogP contribution in [0.5, 0.6) is 0 Å². The van der Waals surface area contributed by atoms with Gasteiger partial charge in [-0.3, -0.25) is 0 Å². The lowest BCUT2D eigenvalue weighted by Crippen LogP contribution is -1.89. The maximum atomic E-state index is 5.82. The van der Waals surface area contributed by atoms with Crippen LogP contribution in [0.25, 0.3) is 0 Å². The standard InChI is InChI=1S/C15H16BrNS/c1-11-3-2-4-12(5-11)9-18-10-13-6-14(16)8-15(17)7-13/h2-8H,9-10,17H2,1H3. The highest BCUT2D eigenvalue weighted by atomic mass is 79.9. The van der Waals surface area contributed by atoms with Crippen molar-refractivity contribution in [3.8, 4) is 0 Å². The summed E-state index contributed by atoms with van der Waals surface area (Å²) in [5.41, 5.74) is 10.6. The van der Waals surface area contributed by atoms with E-state index in [0.717, 1.165) is 21.7 Å². The van der Waals surface area contributed by atoms with Crippen LogP contribution in [0.1, 0.15) is 16.7 Å². The van der Waals surface area contributed by atoms with E-state index in [1.807, 2.05) is 23.9 Å². The first-order valence-corrected chi connectivity index (χ1v) is 7.76. The molecule has 0 aliphatic rings. The van der Waals surface area contributed by atoms with Gasteiger partial charge in [-0.25, -0.2) is 0 Å².